The summed E-state index contributed by atoms with van der Waals surface area (Å²) in [4.78, 5) is 0. The average molecular weight is 645 g/mol. The third-order valence-corrected chi connectivity index (χ3v) is 7.44. The highest BCUT2D eigenvalue weighted by molar-refractivity contribution is 5.72. The van der Waals surface area contributed by atoms with Crippen LogP contribution in [0.3, 0.4) is 0 Å². The minimum absolute atomic E-state index is 0.106. The Morgan fingerprint density at radius 1 is 0.522 bits per heavy atom. The van der Waals surface area contributed by atoms with Gasteiger partial charge >= 0.3 is 6.11 Å². The third kappa shape index (κ3) is 6.90. The van der Waals surface area contributed by atoms with Gasteiger partial charge in [-0.05, 0) is 89.2 Å². The number of benzene rings is 5. The van der Waals surface area contributed by atoms with E-state index in [1.165, 1.54) is 0 Å². The molecular weight excluding hydrogens is 619 g/mol. The van der Waals surface area contributed by atoms with Crippen LogP contribution in [-0.4, -0.2) is 0 Å². The van der Waals surface area contributed by atoms with E-state index in [0.717, 1.165) is 67.6 Å². The summed E-state index contributed by atoms with van der Waals surface area (Å²) in [5.41, 5.74) is -2.05. The molecule has 0 fully saturated rings. The summed E-state index contributed by atoms with van der Waals surface area (Å²) >= 11 is 0. The maximum atomic E-state index is 15.2. The minimum Gasteiger partial charge on any atom is -0.429 e. The molecule has 0 aliphatic rings. The first-order chi connectivity index (χ1) is 21.9. The standard InChI is InChI=1S/C36H25F9O/c1-2-3-4-5-20-6-8-21(9-7-20)23-15-30(40)34(31(41)16-23)24-17-32(42)35(33(43)18-24)36(44,45)46-25-11-12-26(28(38)19-25)22-10-13-27(37)29(39)14-22/h6-19H,2-5H2,1H3. The van der Waals surface area contributed by atoms with Crippen molar-refractivity contribution in [2.24, 2.45) is 0 Å². The number of unbranched alkanes of at least 4 members (excludes halogenated alkanes) is 2. The second-order valence-corrected chi connectivity index (χ2v) is 10.7. The van der Waals surface area contributed by atoms with Crippen molar-refractivity contribution in [2.75, 3.05) is 0 Å². The lowest BCUT2D eigenvalue weighted by Crippen LogP contribution is -2.25. The van der Waals surface area contributed by atoms with Crippen LogP contribution in [0.4, 0.5) is 39.5 Å². The average Bonchev–Trinajstić information content (AvgIpc) is 2.98. The molecule has 0 heterocycles. The molecule has 0 spiro atoms. The predicted octanol–water partition coefficient (Wildman–Crippen LogP) is 11.5. The van der Waals surface area contributed by atoms with E-state index < -0.39 is 69.3 Å². The molecular formula is C36H25F9O. The van der Waals surface area contributed by atoms with Crippen molar-refractivity contribution < 1.29 is 44.3 Å². The summed E-state index contributed by atoms with van der Waals surface area (Å²) in [6.07, 6.45) is -0.699. The van der Waals surface area contributed by atoms with Crippen LogP contribution in [0.1, 0.15) is 37.3 Å². The zero-order chi connectivity index (χ0) is 33.2. The van der Waals surface area contributed by atoms with Crippen LogP contribution < -0.4 is 4.74 Å². The highest BCUT2D eigenvalue weighted by atomic mass is 19.3. The Bertz CT molecular complexity index is 1840. The van der Waals surface area contributed by atoms with Gasteiger partial charge in [0.25, 0.3) is 0 Å². The fourth-order valence-corrected chi connectivity index (χ4v) is 5.11. The molecule has 0 aromatic heterocycles. The SMILES string of the molecule is CCCCCc1ccc(-c2cc(F)c(-c3cc(F)c(C(F)(F)Oc4ccc(-c5ccc(F)c(F)c5)c(F)c4)c(F)c3)c(F)c2)cc1. The first-order valence-electron chi connectivity index (χ1n) is 14.3. The molecule has 0 saturated carbocycles. The minimum atomic E-state index is -4.70. The van der Waals surface area contributed by atoms with Crippen molar-refractivity contribution in [1.82, 2.24) is 0 Å². The van der Waals surface area contributed by atoms with Crippen LogP contribution in [0.5, 0.6) is 5.75 Å². The van der Waals surface area contributed by atoms with E-state index in [-0.39, 0.29) is 16.7 Å². The number of hydrogen-bond donors (Lipinski definition) is 0. The van der Waals surface area contributed by atoms with Gasteiger partial charge < -0.3 is 4.74 Å². The highest BCUT2D eigenvalue weighted by Crippen LogP contribution is 2.39. The van der Waals surface area contributed by atoms with Crippen LogP contribution in [-0.2, 0) is 12.5 Å². The Kier molecular flexibility index (Phi) is 9.46. The normalized spacial score (nSPS) is 11.6. The Labute approximate surface area is 258 Å². The number of rotatable bonds is 10. The van der Waals surface area contributed by atoms with E-state index >= 15 is 26.3 Å². The summed E-state index contributed by atoms with van der Waals surface area (Å²) in [5, 5.41) is 0. The number of alkyl halides is 2. The number of hydrogen-bond acceptors (Lipinski definition) is 1. The van der Waals surface area contributed by atoms with E-state index in [9.17, 15) is 13.2 Å². The maximum absolute atomic E-state index is 15.2. The van der Waals surface area contributed by atoms with Gasteiger partial charge in [-0.3, -0.25) is 0 Å². The lowest BCUT2D eigenvalue weighted by molar-refractivity contribution is -0.189. The predicted molar refractivity (Wildman–Crippen MR) is 157 cm³/mol. The molecule has 5 aromatic carbocycles. The van der Waals surface area contributed by atoms with Crippen molar-refractivity contribution >= 4 is 0 Å². The molecule has 0 bridgehead atoms. The van der Waals surface area contributed by atoms with Crippen LogP contribution in [0.25, 0.3) is 33.4 Å². The first-order valence-corrected chi connectivity index (χ1v) is 14.3. The quantitative estimate of drug-likeness (QED) is 0.109. The lowest BCUT2D eigenvalue weighted by atomic mass is 9.96. The second-order valence-electron chi connectivity index (χ2n) is 10.7. The molecule has 0 saturated heterocycles. The maximum Gasteiger partial charge on any atom is 0.432 e. The summed E-state index contributed by atoms with van der Waals surface area (Å²) in [7, 11) is 0. The van der Waals surface area contributed by atoms with Crippen LogP contribution >= 0.6 is 0 Å². The van der Waals surface area contributed by atoms with Crippen LogP contribution in [0.2, 0.25) is 0 Å². The summed E-state index contributed by atoms with van der Waals surface area (Å²) < 4.78 is 136. The molecule has 10 heteroatoms. The Balaban J connectivity index is 1.39. The molecule has 0 amide bonds. The molecule has 0 radical (unpaired) electrons. The van der Waals surface area contributed by atoms with Crippen molar-refractivity contribution in [3.05, 3.63) is 137 Å². The number of halogens is 9. The van der Waals surface area contributed by atoms with Gasteiger partial charge in [-0.2, -0.15) is 8.78 Å². The summed E-state index contributed by atoms with van der Waals surface area (Å²) in [6, 6.07) is 14.5. The van der Waals surface area contributed by atoms with Crippen molar-refractivity contribution in [1.29, 1.82) is 0 Å². The Hall–Kier alpha value is -4.73. The fourth-order valence-electron chi connectivity index (χ4n) is 5.11. The molecule has 0 N–H and O–H groups in total. The van der Waals surface area contributed by atoms with Gasteiger partial charge in [0.15, 0.2) is 11.6 Å². The molecule has 46 heavy (non-hydrogen) atoms. The number of aryl methyl sites for hydroxylation is 1. The van der Waals surface area contributed by atoms with Gasteiger partial charge in [0.05, 0.1) is 5.56 Å². The van der Waals surface area contributed by atoms with E-state index in [1.54, 1.807) is 12.1 Å². The largest absolute Gasteiger partial charge is 0.432 e. The molecule has 0 unspecified atom stereocenters. The smallest absolute Gasteiger partial charge is 0.429 e. The molecule has 5 rings (SSSR count). The third-order valence-electron chi connectivity index (χ3n) is 7.44. The molecule has 1 nitrogen and oxygen atoms in total. The molecule has 238 valence electrons. The van der Waals surface area contributed by atoms with Crippen molar-refractivity contribution in [3.63, 3.8) is 0 Å². The molecule has 5 aromatic rings. The highest BCUT2D eigenvalue weighted by Gasteiger charge is 2.41. The summed E-state index contributed by atoms with van der Waals surface area (Å²) in [5.74, 6) is -10.6. The van der Waals surface area contributed by atoms with Crippen molar-refractivity contribution in [3.8, 4) is 39.1 Å². The zero-order valence-electron chi connectivity index (χ0n) is 24.2. The fraction of sp³-hybridized carbons (Fsp3) is 0.167. The molecule has 0 aliphatic carbocycles. The van der Waals surface area contributed by atoms with E-state index in [1.807, 2.05) is 12.1 Å². The van der Waals surface area contributed by atoms with Crippen LogP contribution in [0.15, 0.2) is 84.9 Å². The Morgan fingerprint density at radius 3 is 1.70 bits per heavy atom. The number of ether oxygens (including phenoxy) is 1. The van der Waals surface area contributed by atoms with Gasteiger partial charge in [0, 0.05) is 11.6 Å². The van der Waals surface area contributed by atoms with Gasteiger partial charge in [-0.25, -0.2) is 30.7 Å². The lowest BCUT2D eigenvalue weighted by Gasteiger charge is -2.20. The van der Waals surface area contributed by atoms with E-state index in [0.29, 0.717) is 29.8 Å². The van der Waals surface area contributed by atoms with E-state index in [2.05, 4.69) is 11.7 Å². The monoisotopic (exact) mass is 644 g/mol. The van der Waals surface area contributed by atoms with Crippen molar-refractivity contribution in [2.45, 2.75) is 38.7 Å². The van der Waals surface area contributed by atoms with Crippen LogP contribution in [0, 0.1) is 40.7 Å². The second kappa shape index (κ2) is 13.3. The van der Waals surface area contributed by atoms with Gasteiger partial charge in [-0.15, -0.1) is 0 Å². The van der Waals surface area contributed by atoms with E-state index in [4.69, 9.17) is 0 Å². The van der Waals surface area contributed by atoms with Gasteiger partial charge in [-0.1, -0.05) is 50.1 Å². The molecule has 0 atom stereocenters. The van der Waals surface area contributed by atoms with Gasteiger partial charge in [0.1, 0.15) is 40.4 Å². The Morgan fingerprint density at radius 2 is 1.11 bits per heavy atom. The zero-order valence-corrected chi connectivity index (χ0v) is 24.2. The van der Waals surface area contributed by atoms with Gasteiger partial charge in [0.2, 0.25) is 0 Å². The first kappa shape index (κ1) is 32.7. The molecule has 0 aliphatic heterocycles. The topological polar surface area (TPSA) is 9.23 Å². The summed E-state index contributed by atoms with van der Waals surface area (Å²) in [6.45, 7) is 2.09.